The maximum Gasteiger partial charge on any atom is 0.255 e. The summed E-state index contributed by atoms with van der Waals surface area (Å²) in [6.45, 7) is 1.17. The molecule has 1 saturated heterocycles. The molecule has 2 aromatic carbocycles. The number of benzene rings is 2. The molecule has 2 aromatic rings. The van der Waals surface area contributed by atoms with Gasteiger partial charge in [-0.15, -0.1) is 0 Å². The summed E-state index contributed by atoms with van der Waals surface area (Å²) in [4.78, 5) is 24.8. The molecule has 0 unspecified atom stereocenters. The van der Waals surface area contributed by atoms with Crippen LogP contribution in [-0.2, 0) is 14.8 Å². The molecule has 0 atom stereocenters. The summed E-state index contributed by atoms with van der Waals surface area (Å²) in [6, 6.07) is 10.4. The van der Waals surface area contributed by atoms with Crippen molar-refractivity contribution in [2.75, 3.05) is 31.5 Å². The molecule has 10 heteroatoms. The predicted molar refractivity (Wildman–Crippen MR) is 107 cm³/mol. The van der Waals surface area contributed by atoms with E-state index in [1.165, 1.54) is 39.5 Å². The Balaban J connectivity index is 1.72. The zero-order valence-corrected chi connectivity index (χ0v) is 17.0. The third-order valence-corrected chi connectivity index (χ3v) is 6.82. The number of amides is 2. The van der Waals surface area contributed by atoms with Gasteiger partial charge < -0.3 is 10.2 Å². The molecule has 28 heavy (non-hydrogen) atoms. The lowest BCUT2D eigenvalue weighted by molar-refractivity contribution is -0.119. The minimum absolute atomic E-state index is 0.0909. The molecule has 0 bridgehead atoms. The standard InChI is InChI=1S/C18H17Cl2N3O4S/c19-14-3-6-17(16(20)11-14)21-18(25)13-1-4-15(5-2-13)28(26,27)23-9-7-22(12-24)8-10-23/h1-6,11-12H,7-10H2,(H,21,25). The predicted octanol–water partition coefficient (Wildman–Crippen LogP) is 2.71. The highest BCUT2D eigenvalue weighted by molar-refractivity contribution is 7.89. The van der Waals surface area contributed by atoms with Crippen LogP contribution in [0.5, 0.6) is 0 Å². The number of nitrogens with zero attached hydrogens (tertiary/aromatic N) is 2. The number of hydrogen-bond donors (Lipinski definition) is 1. The molecule has 7 nitrogen and oxygen atoms in total. The van der Waals surface area contributed by atoms with Crippen LogP contribution in [0, 0.1) is 0 Å². The zero-order chi connectivity index (χ0) is 20.3. The summed E-state index contributed by atoms with van der Waals surface area (Å²) >= 11 is 11.9. The number of halogens is 2. The van der Waals surface area contributed by atoms with Crippen molar-refractivity contribution in [3.8, 4) is 0 Å². The van der Waals surface area contributed by atoms with Crippen LogP contribution in [0.3, 0.4) is 0 Å². The maximum atomic E-state index is 12.7. The number of anilines is 1. The van der Waals surface area contributed by atoms with Gasteiger partial charge in [-0.3, -0.25) is 9.59 Å². The van der Waals surface area contributed by atoms with Crippen LogP contribution < -0.4 is 5.32 Å². The Hall–Kier alpha value is -2.13. The van der Waals surface area contributed by atoms with Gasteiger partial charge in [0.05, 0.1) is 15.6 Å². The number of carbonyl (C=O) groups is 2. The quantitative estimate of drug-likeness (QED) is 0.722. The molecule has 1 N–H and O–H groups in total. The third-order valence-electron chi connectivity index (χ3n) is 4.36. The van der Waals surface area contributed by atoms with E-state index in [-0.39, 0.29) is 23.5 Å². The average molecular weight is 442 g/mol. The Morgan fingerprint density at radius 3 is 2.21 bits per heavy atom. The molecule has 0 aromatic heterocycles. The van der Waals surface area contributed by atoms with Crippen LogP contribution in [0.15, 0.2) is 47.4 Å². The molecule has 1 aliphatic rings. The van der Waals surface area contributed by atoms with E-state index in [2.05, 4.69) is 5.32 Å². The third kappa shape index (κ3) is 4.47. The van der Waals surface area contributed by atoms with Gasteiger partial charge >= 0.3 is 0 Å². The van der Waals surface area contributed by atoms with Crippen LogP contribution in [-0.4, -0.2) is 56.1 Å². The van der Waals surface area contributed by atoms with Crippen molar-refractivity contribution in [3.63, 3.8) is 0 Å². The van der Waals surface area contributed by atoms with Crippen LogP contribution in [0.1, 0.15) is 10.4 Å². The van der Waals surface area contributed by atoms with Crippen molar-refractivity contribution >= 4 is 51.2 Å². The van der Waals surface area contributed by atoms with Crippen LogP contribution in [0.25, 0.3) is 0 Å². The summed E-state index contributed by atoms with van der Waals surface area (Å²) in [7, 11) is -3.68. The van der Waals surface area contributed by atoms with E-state index in [9.17, 15) is 18.0 Å². The Kier molecular flexibility index (Phi) is 6.24. The van der Waals surface area contributed by atoms with Crippen LogP contribution in [0.4, 0.5) is 5.69 Å². The van der Waals surface area contributed by atoms with Crippen molar-refractivity contribution in [2.24, 2.45) is 0 Å². The number of carbonyl (C=O) groups excluding carboxylic acids is 2. The fraction of sp³-hybridized carbons (Fsp3) is 0.222. The van der Waals surface area contributed by atoms with E-state index < -0.39 is 15.9 Å². The minimum Gasteiger partial charge on any atom is -0.343 e. The molecule has 1 aliphatic heterocycles. The van der Waals surface area contributed by atoms with Crippen molar-refractivity contribution in [1.82, 2.24) is 9.21 Å². The first-order valence-corrected chi connectivity index (χ1v) is 10.6. The normalized spacial score (nSPS) is 15.3. The van der Waals surface area contributed by atoms with E-state index in [0.29, 0.717) is 35.2 Å². The second kappa shape index (κ2) is 8.48. The van der Waals surface area contributed by atoms with Gasteiger partial charge in [0.15, 0.2) is 0 Å². The number of sulfonamides is 1. The Morgan fingerprint density at radius 2 is 1.64 bits per heavy atom. The van der Waals surface area contributed by atoms with Crippen LogP contribution in [0.2, 0.25) is 10.0 Å². The van der Waals surface area contributed by atoms with Gasteiger partial charge in [0.2, 0.25) is 16.4 Å². The molecule has 148 valence electrons. The van der Waals surface area contributed by atoms with E-state index in [1.54, 1.807) is 12.1 Å². The monoisotopic (exact) mass is 441 g/mol. The SMILES string of the molecule is O=CN1CCN(S(=O)(=O)c2ccc(C(=O)Nc3ccc(Cl)cc3Cl)cc2)CC1. The topological polar surface area (TPSA) is 86.8 Å². The van der Waals surface area contributed by atoms with Crippen molar-refractivity contribution in [3.05, 3.63) is 58.1 Å². The fourth-order valence-corrected chi connectivity index (χ4v) is 4.64. The molecule has 0 radical (unpaired) electrons. The lowest BCUT2D eigenvalue weighted by Crippen LogP contribution is -2.47. The Labute approximate surface area is 172 Å². The Bertz CT molecular complexity index is 988. The van der Waals surface area contributed by atoms with Gasteiger partial charge in [-0.25, -0.2) is 8.42 Å². The summed E-state index contributed by atoms with van der Waals surface area (Å²) in [5.74, 6) is -0.423. The molecular weight excluding hydrogens is 425 g/mol. The number of rotatable bonds is 5. The van der Waals surface area contributed by atoms with E-state index in [1.807, 2.05) is 0 Å². The van der Waals surface area contributed by atoms with Crippen molar-refractivity contribution in [1.29, 1.82) is 0 Å². The first-order chi connectivity index (χ1) is 13.3. The first-order valence-electron chi connectivity index (χ1n) is 8.37. The van der Waals surface area contributed by atoms with Crippen molar-refractivity contribution < 1.29 is 18.0 Å². The molecule has 2 amide bonds. The summed E-state index contributed by atoms with van der Waals surface area (Å²) in [5, 5.41) is 3.41. The largest absolute Gasteiger partial charge is 0.343 e. The summed E-state index contributed by atoms with van der Waals surface area (Å²) < 4.78 is 26.8. The molecule has 0 spiro atoms. The van der Waals surface area contributed by atoms with E-state index in [0.717, 1.165) is 0 Å². The van der Waals surface area contributed by atoms with Gasteiger partial charge in [0.25, 0.3) is 5.91 Å². The number of hydrogen-bond acceptors (Lipinski definition) is 4. The zero-order valence-electron chi connectivity index (χ0n) is 14.6. The molecule has 0 aliphatic carbocycles. The van der Waals surface area contributed by atoms with Gasteiger partial charge in [-0.2, -0.15) is 4.31 Å². The molecule has 1 fully saturated rings. The first kappa shape index (κ1) is 20.6. The fourth-order valence-electron chi connectivity index (χ4n) is 2.76. The average Bonchev–Trinajstić information content (AvgIpc) is 2.70. The highest BCUT2D eigenvalue weighted by Crippen LogP contribution is 2.26. The van der Waals surface area contributed by atoms with Gasteiger partial charge in [0.1, 0.15) is 0 Å². The Morgan fingerprint density at radius 1 is 1.00 bits per heavy atom. The molecular formula is C18H17Cl2N3O4S. The lowest BCUT2D eigenvalue weighted by atomic mass is 10.2. The van der Waals surface area contributed by atoms with E-state index >= 15 is 0 Å². The maximum absolute atomic E-state index is 12.7. The van der Waals surface area contributed by atoms with Crippen molar-refractivity contribution in [2.45, 2.75) is 4.90 Å². The van der Waals surface area contributed by atoms with E-state index in [4.69, 9.17) is 23.2 Å². The van der Waals surface area contributed by atoms with Gasteiger partial charge in [0, 0.05) is 36.8 Å². The highest BCUT2D eigenvalue weighted by atomic mass is 35.5. The molecule has 3 rings (SSSR count). The van der Waals surface area contributed by atoms with Crippen LogP contribution >= 0.6 is 23.2 Å². The lowest BCUT2D eigenvalue weighted by Gasteiger charge is -2.31. The summed E-state index contributed by atoms with van der Waals surface area (Å²) in [6.07, 6.45) is 0.713. The van der Waals surface area contributed by atoms with Gasteiger partial charge in [-0.05, 0) is 42.5 Å². The van der Waals surface area contributed by atoms with Gasteiger partial charge in [-0.1, -0.05) is 23.2 Å². The number of piperazine rings is 1. The minimum atomic E-state index is -3.68. The molecule has 0 saturated carbocycles. The highest BCUT2D eigenvalue weighted by Gasteiger charge is 2.28. The second-order valence-corrected chi connectivity index (χ2v) is 8.93. The summed E-state index contributed by atoms with van der Waals surface area (Å²) in [5.41, 5.74) is 0.691. The molecule has 1 heterocycles. The second-order valence-electron chi connectivity index (χ2n) is 6.15. The smallest absolute Gasteiger partial charge is 0.255 e. The number of nitrogens with one attached hydrogen (secondary N) is 1.